The first kappa shape index (κ1) is 20.2. The molecule has 0 radical (unpaired) electrons. The largest absolute Gasteiger partial charge is 0.496 e. The van der Waals surface area contributed by atoms with Gasteiger partial charge < -0.3 is 14.2 Å². The average molecular weight is 408 g/mol. The number of carbonyl (C=O) groups excluding carboxylic acids is 1. The number of para-hydroxylation sites is 1. The molecule has 1 saturated heterocycles. The minimum absolute atomic E-state index is 0.000367. The first-order valence-electron chi connectivity index (χ1n) is 10.4. The Kier molecular flexibility index (Phi) is 5.90. The molecule has 0 saturated carbocycles. The Morgan fingerprint density at radius 2 is 1.73 bits per heavy atom. The summed E-state index contributed by atoms with van der Waals surface area (Å²) in [5.74, 6) is 0.741. The molecule has 0 spiro atoms. The van der Waals surface area contributed by atoms with Gasteiger partial charge in [-0.2, -0.15) is 5.10 Å². The van der Waals surface area contributed by atoms with E-state index in [0.29, 0.717) is 11.4 Å². The maximum absolute atomic E-state index is 12.9. The third-order valence-corrected chi connectivity index (χ3v) is 5.91. The van der Waals surface area contributed by atoms with Crippen molar-refractivity contribution in [3.63, 3.8) is 0 Å². The van der Waals surface area contributed by atoms with Crippen molar-refractivity contribution in [1.82, 2.24) is 24.6 Å². The molecule has 158 valence electrons. The minimum Gasteiger partial charge on any atom is -0.496 e. The lowest BCUT2D eigenvalue weighted by Gasteiger charge is -2.34. The summed E-state index contributed by atoms with van der Waals surface area (Å²) in [6.45, 7) is 9.51. The van der Waals surface area contributed by atoms with Gasteiger partial charge in [0, 0.05) is 56.2 Å². The Hall–Kier alpha value is -3.06. The molecule has 3 aromatic rings. The molecule has 1 aliphatic heterocycles. The third-order valence-electron chi connectivity index (χ3n) is 5.91. The van der Waals surface area contributed by atoms with E-state index in [0.717, 1.165) is 50.6 Å². The van der Waals surface area contributed by atoms with Crippen LogP contribution in [-0.2, 0) is 6.54 Å². The molecule has 3 heterocycles. The molecular formula is C23H29N5O2. The topological polar surface area (TPSA) is 66.4 Å². The smallest absolute Gasteiger partial charge is 0.271 e. The number of carbonyl (C=O) groups is 1. The number of piperazine rings is 1. The fraction of sp³-hybridized carbons (Fsp3) is 0.391. The van der Waals surface area contributed by atoms with Crippen LogP contribution in [0.15, 0.2) is 42.5 Å². The SMILES string of the molecule is COc1ccccc1-c1cc(C(=O)N2CCN(CCn3c(C)ccc3C)CC2)[nH]n1. The van der Waals surface area contributed by atoms with Gasteiger partial charge in [-0.3, -0.25) is 14.8 Å². The number of rotatable bonds is 6. The van der Waals surface area contributed by atoms with Crippen LogP contribution in [0.5, 0.6) is 5.75 Å². The number of aromatic nitrogens is 3. The monoisotopic (exact) mass is 407 g/mol. The van der Waals surface area contributed by atoms with E-state index in [4.69, 9.17) is 4.74 Å². The Morgan fingerprint density at radius 1 is 1.03 bits per heavy atom. The maximum atomic E-state index is 12.9. The van der Waals surface area contributed by atoms with Crippen LogP contribution in [0.3, 0.4) is 0 Å². The summed E-state index contributed by atoms with van der Waals surface area (Å²) < 4.78 is 7.75. The van der Waals surface area contributed by atoms with Crippen LogP contribution < -0.4 is 4.74 Å². The highest BCUT2D eigenvalue weighted by Gasteiger charge is 2.24. The van der Waals surface area contributed by atoms with E-state index in [9.17, 15) is 4.79 Å². The second kappa shape index (κ2) is 8.75. The number of nitrogens with one attached hydrogen (secondary N) is 1. The van der Waals surface area contributed by atoms with Crippen LogP contribution in [0.2, 0.25) is 0 Å². The van der Waals surface area contributed by atoms with Gasteiger partial charge in [-0.15, -0.1) is 0 Å². The maximum Gasteiger partial charge on any atom is 0.271 e. The van der Waals surface area contributed by atoms with Crippen molar-refractivity contribution in [3.8, 4) is 17.0 Å². The summed E-state index contributed by atoms with van der Waals surface area (Å²) in [4.78, 5) is 17.3. The zero-order valence-electron chi connectivity index (χ0n) is 17.9. The van der Waals surface area contributed by atoms with Crippen LogP contribution in [0.25, 0.3) is 11.3 Å². The summed E-state index contributed by atoms with van der Waals surface area (Å²) in [5.41, 5.74) is 4.70. The number of methoxy groups -OCH3 is 1. The predicted molar refractivity (Wildman–Crippen MR) is 117 cm³/mol. The fourth-order valence-electron chi connectivity index (χ4n) is 4.06. The summed E-state index contributed by atoms with van der Waals surface area (Å²) in [7, 11) is 1.63. The summed E-state index contributed by atoms with van der Waals surface area (Å²) in [6.07, 6.45) is 0. The van der Waals surface area contributed by atoms with Gasteiger partial charge in [0.1, 0.15) is 11.4 Å². The standard InChI is InChI=1S/C23H29N5O2/c1-17-8-9-18(2)28(17)15-12-26-10-13-27(14-11-26)23(29)21-16-20(24-25-21)19-6-4-5-7-22(19)30-3/h4-9,16H,10-15H2,1-3H3,(H,24,25). The lowest BCUT2D eigenvalue weighted by molar-refractivity contribution is 0.0627. The number of H-pyrrole nitrogens is 1. The number of hydrogen-bond acceptors (Lipinski definition) is 4. The van der Waals surface area contributed by atoms with Crippen molar-refractivity contribution in [2.24, 2.45) is 0 Å². The minimum atomic E-state index is 0.000367. The van der Waals surface area contributed by atoms with Crippen molar-refractivity contribution in [3.05, 3.63) is 59.5 Å². The molecule has 1 aliphatic rings. The molecule has 1 fully saturated rings. The number of hydrogen-bond donors (Lipinski definition) is 1. The number of amides is 1. The Morgan fingerprint density at radius 3 is 2.43 bits per heavy atom. The van der Waals surface area contributed by atoms with E-state index in [1.807, 2.05) is 35.2 Å². The molecule has 7 heteroatoms. The second-order valence-electron chi connectivity index (χ2n) is 7.77. The molecule has 1 aromatic carbocycles. The zero-order chi connectivity index (χ0) is 21.1. The quantitative estimate of drug-likeness (QED) is 0.682. The van der Waals surface area contributed by atoms with Crippen molar-refractivity contribution in [2.45, 2.75) is 20.4 Å². The highest BCUT2D eigenvalue weighted by atomic mass is 16.5. The molecule has 2 aromatic heterocycles. The van der Waals surface area contributed by atoms with Crippen molar-refractivity contribution >= 4 is 5.91 Å². The molecule has 7 nitrogen and oxygen atoms in total. The first-order chi connectivity index (χ1) is 14.6. The number of aromatic amines is 1. The van der Waals surface area contributed by atoms with Crippen LogP contribution >= 0.6 is 0 Å². The molecule has 0 unspecified atom stereocenters. The highest BCUT2D eigenvalue weighted by molar-refractivity contribution is 5.93. The highest BCUT2D eigenvalue weighted by Crippen LogP contribution is 2.28. The summed E-state index contributed by atoms with van der Waals surface area (Å²) >= 11 is 0. The lowest BCUT2D eigenvalue weighted by Crippen LogP contribution is -2.49. The third kappa shape index (κ3) is 4.11. The van der Waals surface area contributed by atoms with E-state index in [-0.39, 0.29) is 5.91 Å². The van der Waals surface area contributed by atoms with Gasteiger partial charge in [-0.05, 0) is 44.2 Å². The van der Waals surface area contributed by atoms with E-state index >= 15 is 0 Å². The molecule has 4 rings (SSSR count). The van der Waals surface area contributed by atoms with Crippen molar-refractivity contribution in [2.75, 3.05) is 39.8 Å². The second-order valence-corrected chi connectivity index (χ2v) is 7.77. The van der Waals surface area contributed by atoms with Gasteiger partial charge in [-0.1, -0.05) is 12.1 Å². The normalized spacial score (nSPS) is 14.8. The zero-order valence-corrected chi connectivity index (χ0v) is 17.9. The van der Waals surface area contributed by atoms with E-state index in [2.05, 4.69) is 45.6 Å². The molecule has 1 amide bonds. The van der Waals surface area contributed by atoms with Gasteiger partial charge in [0.05, 0.1) is 12.8 Å². The van der Waals surface area contributed by atoms with Gasteiger partial charge in [0.2, 0.25) is 0 Å². The van der Waals surface area contributed by atoms with Crippen LogP contribution in [0.4, 0.5) is 0 Å². The van der Waals surface area contributed by atoms with Gasteiger partial charge in [0.25, 0.3) is 5.91 Å². The van der Waals surface area contributed by atoms with Crippen LogP contribution in [0.1, 0.15) is 21.9 Å². The Balaban J connectivity index is 1.34. The number of aryl methyl sites for hydroxylation is 2. The first-order valence-corrected chi connectivity index (χ1v) is 10.4. The fourth-order valence-corrected chi connectivity index (χ4v) is 4.06. The van der Waals surface area contributed by atoms with Crippen LogP contribution in [0, 0.1) is 13.8 Å². The molecular weight excluding hydrogens is 378 g/mol. The lowest BCUT2D eigenvalue weighted by atomic mass is 10.1. The van der Waals surface area contributed by atoms with Gasteiger partial charge in [0.15, 0.2) is 0 Å². The molecule has 0 aliphatic carbocycles. The Labute approximate surface area is 177 Å². The molecule has 0 bridgehead atoms. The predicted octanol–water partition coefficient (Wildman–Crippen LogP) is 2.96. The molecule has 1 N–H and O–H groups in total. The summed E-state index contributed by atoms with van der Waals surface area (Å²) in [5, 5.41) is 7.24. The van der Waals surface area contributed by atoms with Crippen molar-refractivity contribution in [1.29, 1.82) is 0 Å². The number of ether oxygens (including phenoxy) is 1. The molecule has 30 heavy (non-hydrogen) atoms. The Bertz CT molecular complexity index is 995. The van der Waals surface area contributed by atoms with Crippen LogP contribution in [-0.4, -0.2) is 70.3 Å². The van der Waals surface area contributed by atoms with E-state index in [1.165, 1.54) is 11.4 Å². The average Bonchev–Trinajstić information content (AvgIpc) is 3.39. The molecule has 0 atom stereocenters. The number of nitrogens with zero attached hydrogens (tertiary/aromatic N) is 4. The summed E-state index contributed by atoms with van der Waals surface area (Å²) in [6, 6.07) is 13.8. The van der Waals surface area contributed by atoms with Gasteiger partial charge in [-0.25, -0.2) is 0 Å². The van der Waals surface area contributed by atoms with Crippen molar-refractivity contribution < 1.29 is 9.53 Å². The number of benzene rings is 1. The van der Waals surface area contributed by atoms with Gasteiger partial charge >= 0.3 is 0 Å². The van der Waals surface area contributed by atoms with E-state index in [1.54, 1.807) is 7.11 Å². The van der Waals surface area contributed by atoms with E-state index < -0.39 is 0 Å².